The molecule has 5 amide bonds. The number of phosphoric acid groups is 1. The van der Waals surface area contributed by atoms with Crippen molar-refractivity contribution in [3.63, 3.8) is 0 Å². The van der Waals surface area contributed by atoms with Crippen LogP contribution < -0.4 is 26.2 Å². The quantitative estimate of drug-likeness (QED) is 0.118. The highest BCUT2D eigenvalue weighted by Gasteiger charge is 2.40. The Kier molecular flexibility index (Phi) is 13.7. The van der Waals surface area contributed by atoms with Crippen molar-refractivity contribution in [2.45, 2.75) is 70.8 Å². The van der Waals surface area contributed by atoms with Gasteiger partial charge in [-0.05, 0) is 61.4 Å². The van der Waals surface area contributed by atoms with Gasteiger partial charge in [0.25, 0.3) is 0 Å². The summed E-state index contributed by atoms with van der Waals surface area (Å²) in [6, 6.07) is 11.5. The summed E-state index contributed by atoms with van der Waals surface area (Å²) in [5, 5.41) is 8.07. The molecule has 0 radical (unpaired) electrons. The summed E-state index contributed by atoms with van der Waals surface area (Å²) >= 11 is 0. The zero-order valence-electron chi connectivity index (χ0n) is 26.9. The van der Waals surface area contributed by atoms with Gasteiger partial charge in [-0.2, -0.15) is 0 Å². The summed E-state index contributed by atoms with van der Waals surface area (Å²) in [6.07, 6.45) is 1.53. The van der Waals surface area contributed by atoms with Gasteiger partial charge < -0.3 is 35.8 Å². The van der Waals surface area contributed by atoms with E-state index in [1.54, 1.807) is 0 Å². The molecule has 4 atom stereocenters. The van der Waals surface area contributed by atoms with E-state index in [9.17, 15) is 28.5 Å². The molecule has 1 saturated heterocycles. The van der Waals surface area contributed by atoms with Gasteiger partial charge in [0.1, 0.15) is 30.0 Å². The number of nitrogens with one attached hydrogen (secondary N) is 3. The van der Waals surface area contributed by atoms with Gasteiger partial charge in [0.2, 0.25) is 23.6 Å². The molecule has 3 rings (SSSR count). The Bertz CT molecular complexity index is 1510. The lowest BCUT2D eigenvalue weighted by atomic mass is 10.0. The molecule has 1 heterocycles. The summed E-state index contributed by atoms with van der Waals surface area (Å²) < 4.78 is 20.5. The number of nitrogens with zero attached hydrogens (tertiary/aromatic N) is 1. The number of ether oxygens (including phenoxy) is 1. The molecule has 16 heteroatoms. The molecule has 48 heavy (non-hydrogen) atoms. The zero-order chi connectivity index (χ0) is 35.4. The molecule has 15 nitrogen and oxygen atoms in total. The number of amides is 5. The SMILES string of the molecule is CC(C)C[C@H](NC(=O)/C=C/c1ccc(OP(=O)(O)O)cc1)C(=O)N1CCC[C@H]1C(=O)N[C@H](C(=O)NCc1ccccc1)[C@@H](C)OC(N)=O. The Morgan fingerprint density at radius 3 is 2.29 bits per heavy atom. The highest BCUT2D eigenvalue weighted by atomic mass is 31.2. The van der Waals surface area contributed by atoms with Crippen molar-refractivity contribution >= 4 is 43.6 Å². The van der Waals surface area contributed by atoms with Crippen LogP contribution in [0.1, 0.15) is 51.2 Å². The van der Waals surface area contributed by atoms with Crippen molar-refractivity contribution in [3.05, 3.63) is 71.8 Å². The number of phosphoric ester groups is 1. The fourth-order valence-electron chi connectivity index (χ4n) is 5.16. The first kappa shape index (κ1) is 37.7. The first-order chi connectivity index (χ1) is 22.6. The van der Waals surface area contributed by atoms with Crippen LogP contribution in [0.5, 0.6) is 5.75 Å². The van der Waals surface area contributed by atoms with Crippen molar-refractivity contribution in [2.24, 2.45) is 11.7 Å². The number of carbonyl (C=O) groups is 5. The smallest absolute Gasteiger partial charge is 0.444 e. The molecule has 260 valence electrons. The fourth-order valence-corrected chi connectivity index (χ4v) is 5.55. The number of primary amides is 1. The van der Waals surface area contributed by atoms with Gasteiger partial charge in [0.15, 0.2) is 0 Å². The van der Waals surface area contributed by atoms with E-state index >= 15 is 0 Å². The highest BCUT2D eigenvalue weighted by Crippen LogP contribution is 2.37. The maximum Gasteiger partial charge on any atom is 0.524 e. The molecule has 0 aliphatic carbocycles. The van der Waals surface area contributed by atoms with E-state index in [1.807, 2.05) is 44.2 Å². The lowest BCUT2D eigenvalue weighted by molar-refractivity contribution is -0.142. The predicted octanol–water partition coefficient (Wildman–Crippen LogP) is 1.98. The Morgan fingerprint density at radius 2 is 1.69 bits per heavy atom. The standard InChI is InChI=1S/C32H42N5O10P/c1-20(2)18-25(35-27(38)16-13-22-11-14-24(15-12-22)47-48(43,44)45)31(41)37-17-7-10-26(37)29(39)36-28(21(3)46-32(33)42)30(40)34-19-23-8-5-4-6-9-23/h4-6,8-9,11-16,20-21,25-26,28H,7,10,17-19H2,1-3H3,(H2,33,42)(H,34,40)(H,35,38)(H,36,39)(H2,43,44,45)/b16-13+/t21-,25+,26+,28+/m1/s1. The maximum atomic E-state index is 13.8. The number of rotatable bonds is 15. The van der Waals surface area contributed by atoms with Gasteiger partial charge in [-0.15, -0.1) is 0 Å². The topological polar surface area (TPSA) is 227 Å². The van der Waals surface area contributed by atoms with Crippen LogP contribution in [0.15, 0.2) is 60.7 Å². The largest absolute Gasteiger partial charge is 0.524 e. The van der Waals surface area contributed by atoms with Crippen LogP contribution in [-0.2, 0) is 35.0 Å². The van der Waals surface area contributed by atoms with Crippen LogP contribution in [-0.4, -0.2) is 75.2 Å². The maximum absolute atomic E-state index is 13.8. The number of benzene rings is 2. The Hall–Kier alpha value is -4.72. The van der Waals surface area contributed by atoms with E-state index in [-0.39, 0.29) is 31.2 Å². The second-order valence-corrected chi connectivity index (χ2v) is 12.9. The summed E-state index contributed by atoms with van der Waals surface area (Å²) in [5.74, 6) is -2.32. The molecule has 1 aliphatic rings. The average molecular weight is 688 g/mol. The summed E-state index contributed by atoms with van der Waals surface area (Å²) in [7, 11) is -4.71. The van der Waals surface area contributed by atoms with Crippen LogP contribution in [0, 0.1) is 5.92 Å². The van der Waals surface area contributed by atoms with E-state index < -0.39 is 61.8 Å². The normalized spacial score (nSPS) is 16.5. The molecule has 2 aromatic rings. The molecule has 0 saturated carbocycles. The van der Waals surface area contributed by atoms with E-state index in [4.69, 9.17) is 20.3 Å². The van der Waals surface area contributed by atoms with Crippen molar-refractivity contribution in [3.8, 4) is 5.75 Å². The van der Waals surface area contributed by atoms with Gasteiger partial charge in [0.05, 0.1) is 0 Å². The van der Waals surface area contributed by atoms with E-state index in [2.05, 4.69) is 20.5 Å². The van der Waals surface area contributed by atoms with E-state index in [0.29, 0.717) is 18.4 Å². The van der Waals surface area contributed by atoms with E-state index in [1.165, 1.54) is 48.2 Å². The molecule has 7 N–H and O–H groups in total. The minimum Gasteiger partial charge on any atom is -0.444 e. The van der Waals surface area contributed by atoms with Gasteiger partial charge in [-0.25, -0.2) is 9.36 Å². The van der Waals surface area contributed by atoms with Gasteiger partial charge in [-0.3, -0.25) is 29.0 Å². The number of likely N-dealkylation sites (tertiary alicyclic amines) is 1. The van der Waals surface area contributed by atoms with Crippen LogP contribution in [0.2, 0.25) is 0 Å². The van der Waals surface area contributed by atoms with Crippen LogP contribution >= 0.6 is 7.82 Å². The molecule has 0 spiro atoms. The van der Waals surface area contributed by atoms with Crippen molar-refractivity contribution in [1.29, 1.82) is 0 Å². The van der Waals surface area contributed by atoms with Gasteiger partial charge in [0, 0.05) is 19.2 Å². The molecule has 2 aromatic carbocycles. The number of hydrogen-bond acceptors (Lipinski definition) is 8. The van der Waals surface area contributed by atoms with Crippen molar-refractivity contribution in [1.82, 2.24) is 20.9 Å². The molecule has 0 bridgehead atoms. The Morgan fingerprint density at radius 1 is 1.02 bits per heavy atom. The molecular formula is C32H42N5O10P. The molecule has 1 aliphatic heterocycles. The summed E-state index contributed by atoms with van der Waals surface area (Å²) in [5.41, 5.74) is 6.52. The molecular weight excluding hydrogens is 645 g/mol. The first-order valence-corrected chi connectivity index (χ1v) is 16.9. The minimum atomic E-state index is -4.71. The number of nitrogens with two attached hydrogens (primary N) is 1. The third kappa shape index (κ3) is 12.1. The monoisotopic (exact) mass is 687 g/mol. The second-order valence-electron chi connectivity index (χ2n) is 11.7. The van der Waals surface area contributed by atoms with Crippen molar-refractivity contribution < 1.29 is 47.6 Å². The van der Waals surface area contributed by atoms with Crippen LogP contribution in [0.25, 0.3) is 6.08 Å². The third-order valence-corrected chi connectivity index (χ3v) is 7.80. The van der Waals surface area contributed by atoms with Crippen molar-refractivity contribution in [2.75, 3.05) is 6.54 Å². The Labute approximate surface area is 278 Å². The van der Waals surface area contributed by atoms with Crippen LogP contribution in [0.4, 0.5) is 4.79 Å². The third-order valence-electron chi connectivity index (χ3n) is 7.35. The zero-order valence-corrected chi connectivity index (χ0v) is 27.8. The summed E-state index contributed by atoms with van der Waals surface area (Å²) in [4.78, 5) is 84.1. The van der Waals surface area contributed by atoms with Crippen LogP contribution in [0.3, 0.4) is 0 Å². The average Bonchev–Trinajstić information content (AvgIpc) is 3.51. The minimum absolute atomic E-state index is 0.00386. The fraction of sp³-hybridized carbons (Fsp3) is 0.406. The first-order valence-electron chi connectivity index (χ1n) is 15.3. The number of hydrogen-bond donors (Lipinski definition) is 6. The highest BCUT2D eigenvalue weighted by molar-refractivity contribution is 7.46. The van der Waals surface area contributed by atoms with Gasteiger partial charge in [-0.1, -0.05) is 56.3 Å². The lowest BCUT2D eigenvalue weighted by Crippen LogP contribution is -2.59. The lowest BCUT2D eigenvalue weighted by Gasteiger charge is -2.31. The molecule has 0 unspecified atom stereocenters. The molecule has 0 aromatic heterocycles. The molecule has 1 fully saturated rings. The van der Waals surface area contributed by atoms with Gasteiger partial charge >= 0.3 is 13.9 Å². The Balaban J connectivity index is 1.70. The van der Waals surface area contributed by atoms with E-state index in [0.717, 1.165) is 5.56 Å². The predicted molar refractivity (Wildman–Crippen MR) is 175 cm³/mol. The summed E-state index contributed by atoms with van der Waals surface area (Å²) in [6.45, 7) is 5.60. The second kappa shape index (κ2) is 17.4. The number of carbonyl (C=O) groups excluding carboxylic acids is 5.